The summed E-state index contributed by atoms with van der Waals surface area (Å²) in [4.78, 5) is 0. The molecule has 1 saturated heterocycles. The summed E-state index contributed by atoms with van der Waals surface area (Å²) in [6.07, 6.45) is 5.48. The molecular weight excluding hydrogens is 303 g/mol. The van der Waals surface area contributed by atoms with Crippen LogP contribution in [0.1, 0.15) is 67.7 Å². The third-order valence-corrected chi connectivity index (χ3v) is 10.1. The van der Waals surface area contributed by atoms with Gasteiger partial charge in [-0.25, -0.2) is 0 Å². The highest BCUT2D eigenvalue weighted by Gasteiger charge is 2.49. The van der Waals surface area contributed by atoms with Crippen LogP contribution in [0.2, 0.25) is 18.1 Å². The Kier molecular flexibility index (Phi) is 6.76. The van der Waals surface area contributed by atoms with Crippen molar-refractivity contribution in [2.75, 3.05) is 6.61 Å². The summed E-state index contributed by atoms with van der Waals surface area (Å²) >= 11 is 0. The monoisotopic (exact) mass is 340 g/mol. The maximum absolute atomic E-state index is 6.19. The Labute approximate surface area is 145 Å². The number of allylic oxidation sites excluding steroid dienone is 1. The molecule has 0 amide bonds. The molecule has 1 aliphatic heterocycles. The molecule has 0 spiro atoms. The van der Waals surface area contributed by atoms with Gasteiger partial charge >= 0.3 is 7.12 Å². The van der Waals surface area contributed by atoms with Crippen molar-refractivity contribution in [1.82, 2.24) is 0 Å². The fourth-order valence-electron chi connectivity index (χ4n) is 2.08. The Morgan fingerprint density at radius 2 is 1.52 bits per heavy atom. The molecule has 0 N–H and O–H groups in total. The number of hydrogen-bond acceptors (Lipinski definition) is 3. The molecule has 0 aliphatic carbocycles. The van der Waals surface area contributed by atoms with E-state index in [9.17, 15) is 0 Å². The average Bonchev–Trinajstić information content (AvgIpc) is 2.55. The van der Waals surface area contributed by atoms with Crippen LogP contribution in [0.5, 0.6) is 0 Å². The second-order valence-electron chi connectivity index (χ2n) is 9.16. The third-order valence-electron chi connectivity index (χ3n) is 5.60. The summed E-state index contributed by atoms with van der Waals surface area (Å²) in [5.41, 5.74) is -0.502. The molecule has 134 valence electrons. The van der Waals surface area contributed by atoms with Crippen molar-refractivity contribution in [3.63, 3.8) is 0 Å². The first kappa shape index (κ1) is 20.9. The van der Waals surface area contributed by atoms with Crippen molar-refractivity contribution in [1.29, 1.82) is 0 Å². The van der Waals surface area contributed by atoms with E-state index in [1.54, 1.807) is 0 Å². The van der Waals surface area contributed by atoms with Gasteiger partial charge in [0.05, 0.1) is 11.2 Å². The Morgan fingerprint density at radius 3 is 2.00 bits per heavy atom. The van der Waals surface area contributed by atoms with Gasteiger partial charge in [-0.15, -0.1) is 0 Å². The van der Waals surface area contributed by atoms with Crippen molar-refractivity contribution >= 4 is 15.4 Å². The summed E-state index contributed by atoms with van der Waals surface area (Å²) in [6.45, 7) is 20.7. The Hall–Kier alpha value is -0.0982. The van der Waals surface area contributed by atoms with Gasteiger partial charge in [0.1, 0.15) is 0 Å². The molecule has 1 heterocycles. The Balaban J connectivity index is 2.22. The standard InChI is InChI=1S/C18H37BO3Si/c1-16(2,3)23(8,9)20-15-13-11-10-12-14-19-21-17(4,5)18(6,7)22-19/h12,14H,10-11,13,15H2,1-9H3/b14-12+. The first-order valence-electron chi connectivity index (χ1n) is 8.95. The quantitative estimate of drug-likeness (QED) is 0.461. The number of hydrogen-bond donors (Lipinski definition) is 0. The highest BCUT2D eigenvalue weighted by Crippen LogP contribution is 2.37. The van der Waals surface area contributed by atoms with E-state index in [0.29, 0.717) is 5.04 Å². The third kappa shape index (κ3) is 5.73. The maximum atomic E-state index is 6.19. The number of unbranched alkanes of at least 4 members (excludes halogenated alkanes) is 2. The van der Waals surface area contributed by atoms with Crippen molar-refractivity contribution < 1.29 is 13.7 Å². The van der Waals surface area contributed by atoms with Gasteiger partial charge in [0.15, 0.2) is 8.32 Å². The molecule has 1 rings (SSSR count). The van der Waals surface area contributed by atoms with Gasteiger partial charge in [-0.3, -0.25) is 0 Å². The zero-order valence-corrected chi connectivity index (χ0v) is 17.8. The van der Waals surface area contributed by atoms with Gasteiger partial charge < -0.3 is 13.7 Å². The smallest absolute Gasteiger partial charge is 0.417 e. The van der Waals surface area contributed by atoms with Crippen molar-refractivity contribution in [2.45, 2.75) is 97.1 Å². The topological polar surface area (TPSA) is 27.7 Å². The predicted octanol–water partition coefficient (Wildman–Crippen LogP) is 5.37. The van der Waals surface area contributed by atoms with Gasteiger partial charge in [-0.2, -0.15) is 0 Å². The molecule has 1 aliphatic rings. The van der Waals surface area contributed by atoms with Crippen LogP contribution in [0.15, 0.2) is 12.1 Å². The largest absolute Gasteiger partial charge is 0.486 e. The lowest BCUT2D eigenvalue weighted by Crippen LogP contribution is -2.41. The fraction of sp³-hybridized carbons (Fsp3) is 0.889. The summed E-state index contributed by atoms with van der Waals surface area (Å²) in [7, 11) is -1.80. The molecule has 0 aromatic rings. The minimum atomic E-state index is -1.58. The molecule has 0 bridgehead atoms. The lowest BCUT2D eigenvalue weighted by molar-refractivity contribution is 0.00578. The molecule has 0 atom stereocenters. The highest BCUT2D eigenvalue weighted by atomic mass is 28.4. The summed E-state index contributed by atoms with van der Waals surface area (Å²) in [5.74, 6) is 2.05. The van der Waals surface area contributed by atoms with E-state index in [4.69, 9.17) is 13.7 Å². The molecule has 23 heavy (non-hydrogen) atoms. The van der Waals surface area contributed by atoms with Crippen molar-refractivity contribution in [3.8, 4) is 0 Å². The van der Waals surface area contributed by atoms with Crippen LogP contribution in [-0.2, 0) is 13.7 Å². The van der Waals surface area contributed by atoms with Crippen molar-refractivity contribution in [2.24, 2.45) is 0 Å². The average molecular weight is 340 g/mol. The zero-order valence-electron chi connectivity index (χ0n) is 16.8. The van der Waals surface area contributed by atoms with Gasteiger partial charge in [-0.1, -0.05) is 32.8 Å². The van der Waals surface area contributed by atoms with Crippen LogP contribution in [-0.4, -0.2) is 33.2 Å². The van der Waals surface area contributed by atoms with Crippen molar-refractivity contribution in [3.05, 3.63) is 12.1 Å². The molecule has 0 unspecified atom stereocenters. The van der Waals surface area contributed by atoms with E-state index < -0.39 is 8.32 Å². The molecule has 0 saturated carbocycles. The molecule has 0 aromatic heterocycles. The Morgan fingerprint density at radius 1 is 1.00 bits per heavy atom. The molecular formula is C18H37BO3Si. The van der Waals surface area contributed by atoms with E-state index in [-0.39, 0.29) is 18.3 Å². The summed E-state index contributed by atoms with van der Waals surface area (Å²) in [5, 5.41) is 0.295. The van der Waals surface area contributed by atoms with Crippen LogP contribution in [0, 0.1) is 0 Å². The highest BCUT2D eigenvalue weighted by molar-refractivity contribution is 6.74. The van der Waals surface area contributed by atoms with Gasteiger partial charge in [0.25, 0.3) is 0 Å². The van der Waals surface area contributed by atoms with Gasteiger partial charge in [-0.05, 0) is 65.1 Å². The SMILES string of the molecule is CC1(C)OB(/C=C/CCCCO[Si](C)(C)C(C)(C)C)OC1(C)C. The first-order chi connectivity index (χ1) is 10.3. The van der Waals surface area contributed by atoms with Crippen LogP contribution >= 0.6 is 0 Å². The van der Waals surface area contributed by atoms with Gasteiger partial charge in [0, 0.05) is 6.61 Å². The molecule has 0 radical (unpaired) electrons. The normalized spacial score (nSPS) is 21.3. The molecule has 0 aromatic carbocycles. The summed E-state index contributed by atoms with van der Waals surface area (Å²) < 4.78 is 18.1. The second-order valence-corrected chi connectivity index (χ2v) is 14.0. The lowest BCUT2D eigenvalue weighted by atomic mass is 9.89. The Bertz CT molecular complexity index is 395. The lowest BCUT2D eigenvalue weighted by Gasteiger charge is -2.36. The minimum absolute atomic E-state index is 0.219. The van der Waals surface area contributed by atoms with E-state index in [1.165, 1.54) is 0 Å². The second kappa shape index (κ2) is 7.42. The molecule has 5 heteroatoms. The number of rotatable bonds is 7. The summed E-state index contributed by atoms with van der Waals surface area (Å²) in [6, 6.07) is 0. The fourth-order valence-corrected chi connectivity index (χ4v) is 3.17. The maximum Gasteiger partial charge on any atom is 0.486 e. The minimum Gasteiger partial charge on any atom is -0.417 e. The van der Waals surface area contributed by atoms with Crippen LogP contribution in [0.25, 0.3) is 0 Å². The van der Waals surface area contributed by atoms with Gasteiger partial charge in [0.2, 0.25) is 0 Å². The van der Waals surface area contributed by atoms with Crippen LogP contribution in [0.4, 0.5) is 0 Å². The van der Waals surface area contributed by atoms with E-state index in [2.05, 4.69) is 67.6 Å². The molecule has 3 nitrogen and oxygen atoms in total. The van der Waals surface area contributed by atoms with E-state index in [0.717, 1.165) is 25.9 Å². The van der Waals surface area contributed by atoms with E-state index >= 15 is 0 Å². The first-order valence-corrected chi connectivity index (χ1v) is 11.9. The van der Waals surface area contributed by atoms with E-state index in [1.807, 2.05) is 5.98 Å². The van der Waals surface area contributed by atoms with Crippen LogP contribution < -0.4 is 0 Å². The zero-order chi connectivity index (χ0) is 17.9. The molecule has 1 fully saturated rings. The van der Waals surface area contributed by atoms with Crippen LogP contribution in [0.3, 0.4) is 0 Å². The predicted molar refractivity (Wildman–Crippen MR) is 102 cm³/mol.